The topological polar surface area (TPSA) is 154 Å². The van der Waals surface area contributed by atoms with Crippen molar-refractivity contribution in [2.45, 2.75) is 38.4 Å². The molecule has 1 unspecified atom stereocenters. The Labute approximate surface area is 265 Å². The van der Waals surface area contributed by atoms with Crippen LogP contribution in [0.1, 0.15) is 41.9 Å². The average Bonchev–Trinajstić information content (AvgIpc) is 3.68. The van der Waals surface area contributed by atoms with Crippen molar-refractivity contribution in [2.75, 3.05) is 25.4 Å². The highest BCUT2D eigenvalue weighted by atomic mass is 16.2. The first-order valence-electron chi connectivity index (χ1n) is 15.5. The van der Waals surface area contributed by atoms with Crippen molar-refractivity contribution in [2.24, 2.45) is 5.73 Å². The highest BCUT2D eigenvalue weighted by molar-refractivity contribution is 6.04. The van der Waals surface area contributed by atoms with Crippen LogP contribution in [0.2, 0.25) is 0 Å². The monoisotopic (exact) mass is 616 g/mol. The summed E-state index contributed by atoms with van der Waals surface area (Å²) in [6.07, 6.45) is 9.12. The summed E-state index contributed by atoms with van der Waals surface area (Å²) in [5, 5.41) is 13.2. The van der Waals surface area contributed by atoms with Crippen LogP contribution in [0.25, 0.3) is 33.2 Å². The molecule has 12 heteroatoms. The normalized spacial score (nSPS) is 15.0. The number of amides is 1. The predicted octanol–water partition coefficient (Wildman–Crippen LogP) is 3.39. The van der Waals surface area contributed by atoms with Crippen LogP contribution in [0.3, 0.4) is 0 Å². The number of hydrogen-bond acceptors (Lipinski definition) is 8. The summed E-state index contributed by atoms with van der Waals surface area (Å²) < 4.78 is 5.07. The number of para-hydroxylation sites is 1. The number of anilines is 1. The predicted molar refractivity (Wildman–Crippen MR) is 178 cm³/mol. The van der Waals surface area contributed by atoms with E-state index in [4.69, 9.17) is 11.5 Å². The Kier molecular flexibility index (Phi) is 7.81. The maximum Gasteiger partial charge on any atom is 0.263 e. The smallest absolute Gasteiger partial charge is 0.263 e. The molecule has 0 radical (unpaired) electrons. The minimum absolute atomic E-state index is 0.0766. The fraction of sp³-hybridized carbons (Fsp3) is 0.265. The standard InChI is InChI=1S/C34H36N10O2/c1-22(39-33(45)30-31(36)40-43-14-6-13-37-32(30)43)28-19-23-7-5-10-27(29(23)34(46)44(28)26-8-3-2-4-9-26)24-20-38-42(21-24)18-17-41-15-11-25(35)12-16-41/h2-10,13-14,19-22,25H,11-12,15-18,35H2,1H3,(H2,36,40)(H,39,45). The zero-order valence-electron chi connectivity index (χ0n) is 25.6. The van der Waals surface area contributed by atoms with Crippen LogP contribution >= 0.6 is 0 Å². The lowest BCUT2D eigenvalue weighted by atomic mass is 9.99. The zero-order valence-corrected chi connectivity index (χ0v) is 25.6. The lowest BCUT2D eigenvalue weighted by Gasteiger charge is -2.29. The van der Waals surface area contributed by atoms with Gasteiger partial charge in [0.2, 0.25) is 0 Å². The van der Waals surface area contributed by atoms with E-state index < -0.39 is 11.9 Å². The second-order valence-corrected chi connectivity index (χ2v) is 11.8. The first-order chi connectivity index (χ1) is 22.4. The highest BCUT2D eigenvalue weighted by Crippen LogP contribution is 2.29. The van der Waals surface area contributed by atoms with Crippen molar-refractivity contribution in [1.29, 1.82) is 0 Å². The highest BCUT2D eigenvalue weighted by Gasteiger charge is 2.24. The zero-order chi connectivity index (χ0) is 31.8. The van der Waals surface area contributed by atoms with E-state index in [0.29, 0.717) is 28.5 Å². The van der Waals surface area contributed by atoms with Crippen LogP contribution in [0.5, 0.6) is 0 Å². The second kappa shape index (κ2) is 12.2. The number of benzene rings is 2. The first kappa shape index (κ1) is 29.4. The first-order valence-corrected chi connectivity index (χ1v) is 15.5. The van der Waals surface area contributed by atoms with E-state index in [-0.39, 0.29) is 16.9 Å². The van der Waals surface area contributed by atoms with Crippen LogP contribution in [0, 0.1) is 0 Å². The number of fused-ring (bicyclic) bond motifs is 2. The molecular formula is C34H36N10O2. The van der Waals surface area contributed by atoms with Gasteiger partial charge in [-0.05, 0) is 68.1 Å². The lowest BCUT2D eigenvalue weighted by molar-refractivity contribution is 0.0941. The number of aromatic nitrogens is 6. The number of nitrogens with two attached hydrogens (primary N) is 2. The molecule has 7 rings (SSSR count). The van der Waals surface area contributed by atoms with Gasteiger partial charge in [-0.1, -0.05) is 36.4 Å². The Bertz CT molecular complexity index is 2090. The number of piperidine rings is 1. The Balaban J connectivity index is 1.25. The van der Waals surface area contributed by atoms with Crippen LogP contribution in [0.15, 0.2) is 90.2 Å². The van der Waals surface area contributed by atoms with Gasteiger partial charge in [-0.25, -0.2) is 9.50 Å². The number of nitrogens with zero attached hydrogens (tertiary/aromatic N) is 7. The SMILES string of the molecule is CC(NC(=O)c1c(N)nn2cccnc12)c1cc2cccc(-c3cnn(CCN4CCC(N)CC4)c3)c2c(=O)n1-c1ccccc1. The Morgan fingerprint density at radius 2 is 1.87 bits per heavy atom. The van der Waals surface area contributed by atoms with E-state index in [9.17, 15) is 9.59 Å². The van der Waals surface area contributed by atoms with E-state index >= 15 is 0 Å². The van der Waals surface area contributed by atoms with E-state index in [1.54, 1.807) is 23.0 Å². The van der Waals surface area contributed by atoms with Crippen LogP contribution in [-0.4, -0.2) is 65.4 Å². The van der Waals surface area contributed by atoms with Crippen LogP contribution in [-0.2, 0) is 6.54 Å². The quantitative estimate of drug-likeness (QED) is 0.235. The maximum atomic E-state index is 14.5. The molecule has 2 aromatic carbocycles. The van der Waals surface area contributed by atoms with Crippen LogP contribution in [0.4, 0.5) is 5.82 Å². The van der Waals surface area contributed by atoms with Gasteiger partial charge < -0.3 is 21.7 Å². The summed E-state index contributed by atoms with van der Waals surface area (Å²) in [4.78, 5) is 34.8. The minimum atomic E-state index is -0.571. The molecular weight excluding hydrogens is 580 g/mol. The third kappa shape index (κ3) is 5.52. The molecule has 4 aromatic heterocycles. The molecule has 0 bridgehead atoms. The fourth-order valence-electron chi connectivity index (χ4n) is 6.29. The van der Waals surface area contributed by atoms with Gasteiger partial charge in [0.1, 0.15) is 5.56 Å². The average molecular weight is 617 g/mol. The third-order valence-corrected chi connectivity index (χ3v) is 8.75. The molecule has 1 amide bonds. The van der Waals surface area contributed by atoms with Crippen molar-refractivity contribution in [1.82, 2.24) is 39.2 Å². The number of likely N-dealkylation sites (tertiary alicyclic amines) is 1. The summed E-state index contributed by atoms with van der Waals surface area (Å²) in [5.74, 6) is -0.355. The van der Waals surface area contributed by atoms with Gasteiger partial charge in [0.25, 0.3) is 11.5 Å². The van der Waals surface area contributed by atoms with Gasteiger partial charge >= 0.3 is 0 Å². The molecule has 5 heterocycles. The molecule has 12 nitrogen and oxygen atoms in total. The molecule has 0 spiro atoms. The molecule has 46 heavy (non-hydrogen) atoms. The molecule has 1 fully saturated rings. The van der Waals surface area contributed by atoms with Crippen molar-refractivity contribution in [3.8, 4) is 16.8 Å². The summed E-state index contributed by atoms with van der Waals surface area (Å²) in [6, 6.07) is 18.7. The summed E-state index contributed by atoms with van der Waals surface area (Å²) in [5.41, 5.74) is 15.5. The Morgan fingerprint density at radius 1 is 1.07 bits per heavy atom. The van der Waals surface area contributed by atoms with Gasteiger partial charge in [0.15, 0.2) is 11.5 Å². The largest absolute Gasteiger partial charge is 0.381 e. The minimum Gasteiger partial charge on any atom is -0.381 e. The molecule has 5 N–H and O–H groups in total. The van der Waals surface area contributed by atoms with Gasteiger partial charge in [-0.15, -0.1) is 5.10 Å². The van der Waals surface area contributed by atoms with Gasteiger partial charge in [-0.2, -0.15) is 5.10 Å². The molecule has 6 aromatic rings. The second-order valence-electron chi connectivity index (χ2n) is 11.8. The Morgan fingerprint density at radius 3 is 2.67 bits per heavy atom. The summed E-state index contributed by atoms with van der Waals surface area (Å²) in [6.45, 7) is 5.50. The summed E-state index contributed by atoms with van der Waals surface area (Å²) >= 11 is 0. The maximum absolute atomic E-state index is 14.5. The number of carbonyl (C=O) groups is 1. The van der Waals surface area contributed by atoms with Crippen molar-refractivity contribution in [3.05, 3.63) is 107 Å². The molecule has 1 saturated heterocycles. The van der Waals surface area contributed by atoms with Crippen molar-refractivity contribution >= 4 is 28.1 Å². The summed E-state index contributed by atoms with van der Waals surface area (Å²) in [7, 11) is 0. The number of hydrogen-bond donors (Lipinski definition) is 3. The number of nitrogens with one attached hydrogen (secondary N) is 1. The number of nitrogen functional groups attached to an aromatic ring is 1. The molecule has 1 aliphatic heterocycles. The molecule has 0 aliphatic carbocycles. The Hall–Kier alpha value is -5.33. The van der Waals surface area contributed by atoms with E-state index in [1.165, 1.54) is 4.52 Å². The fourth-order valence-corrected chi connectivity index (χ4v) is 6.29. The van der Waals surface area contributed by atoms with E-state index in [2.05, 4.69) is 25.4 Å². The molecule has 1 atom stereocenters. The number of rotatable bonds is 8. The third-order valence-electron chi connectivity index (χ3n) is 8.75. The van der Waals surface area contributed by atoms with Gasteiger partial charge in [-0.3, -0.25) is 18.8 Å². The van der Waals surface area contributed by atoms with Crippen molar-refractivity contribution < 1.29 is 4.79 Å². The molecule has 234 valence electrons. The van der Waals surface area contributed by atoms with E-state index in [0.717, 1.165) is 55.5 Å². The number of pyridine rings is 1. The van der Waals surface area contributed by atoms with Gasteiger partial charge in [0.05, 0.1) is 24.2 Å². The molecule has 1 aliphatic rings. The lowest BCUT2D eigenvalue weighted by Crippen LogP contribution is -2.40. The van der Waals surface area contributed by atoms with Gasteiger partial charge in [0, 0.05) is 48.1 Å². The van der Waals surface area contributed by atoms with E-state index in [1.807, 2.05) is 78.6 Å². The van der Waals surface area contributed by atoms with Crippen LogP contribution < -0.4 is 22.3 Å². The number of carbonyl (C=O) groups excluding carboxylic acids is 1. The molecule has 0 saturated carbocycles. The van der Waals surface area contributed by atoms with Crippen molar-refractivity contribution in [3.63, 3.8) is 0 Å².